The zero-order chi connectivity index (χ0) is 49.8. The number of amides is 1. The Hall–Kier alpha value is -5.85. The number of nitrogens with zero attached hydrogens (tertiary/aromatic N) is 2. The van der Waals surface area contributed by atoms with Gasteiger partial charge in [-0.15, -0.1) is 0 Å². The number of hydrogen-bond donors (Lipinski definition) is 4. The number of fused-ring (bicyclic) bond motifs is 5. The average molecular weight is 944 g/mol. The number of phenols is 1. The predicted octanol–water partition coefficient (Wildman–Crippen LogP) is 6.88. The Morgan fingerprint density at radius 2 is 1.62 bits per heavy atom. The third kappa shape index (κ3) is 10.3. The van der Waals surface area contributed by atoms with Crippen LogP contribution in [0.3, 0.4) is 0 Å². The van der Waals surface area contributed by atoms with Gasteiger partial charge in [-0.3, -0.25) is 19.2 Å². The number of carbonyl (C=O) groups excluding carboxylic acids is 3. The number of aromatic nitrogens is 1. The van der Waals surface area contributed by atoms with Crippen LogP contribution < -0.4 is 20.4 Å². The lowest BCUT2D eigenvalue weighted by molar-refractivity contribution is -0.160. The van der Waals surface area contributed by atoms with Crippen LogP contribution in [-0.2, 0) is 33.3 Å². The number of carbonyl (C=O) groups is 3. The standard InChI is InChI=1S/C51H65N3O14/c1-12-63-23-20-54(21-24-64-13-2)33-17-18-34-36(25-33)67-48-40(52-34)37-38-44(58)31(8)47-39(37)49(60)51(10,68-47)65-22-19-35(62-11)28(5)46(66-32(9)55)30(7)43(57)29(6)42(56)26(3)15-14-16-27(4)50(61)53-41(48)45(38)59/h14-19,22,25-26,28-30,35,42-43,46,56-57,59H,12-13,20-21,23-24H2,1-11H3,(H,53,61)/b15-14+,22-19+,27-16-/t26-,28+,29+,30+,35-,42-,43+,46+,51-/m0/s1. The number of allylic oxidation sites excluding steroid dienone is 2. The Labute approximate surface area is 395 Å². The summed E-state index contributed by atoms with van der Waals surface area (Å²) < 4.78 is 41.9. The molecule has 6 rings (SSSR count). The van der Waals surface area contributed by atoms with Crippen molar-refractivity contribution in [2.45, 2.75) is 99.4 Å². The summed E-state index contributed by atoms with van der Waals surface area (Å²) in [5.74, 6) is -7.30. The van der Waals surface area contributed by atoms with E-state index in [1.807, 2.05) is 19.9 Å². The van der Waals surface area contributed by atoms with E-state index in [1.165, 1.54) is 46.3 Å². The number of rotatable bonds is 11. The molecule has 0 aliphatic carbocycles. The van der Waals surface area contributed by atoms with Gasteiger partial charge in [0, 0.05) is 99.2 Å². The molecule has 0 saturated carbocycles. The van der Waals surface area contributed by atoms with Gasteiger partial charge < -0.3 is 58.4 Å². The summed E-state index contributed by atoms with van der Waals surface area (Å²) in [5.41, 5.74) is 0.309. The molecular weight excluding hydrogens is 879 g/mol. The Morgan fingerprint density at radius 1 is 0.941 bits per heavy atom. The van der Waals surface area contributed by atoms with Gasteiger partial charge in [0.25, 0.3) is 11.7 Å². The summed E-state index contributed by atoms with van der Waals surface area (Å²) in [6.45, 7) is 19.5. The van der Waals surface area contributed by atoms with Crippen molar-refractivity contribution in [2.75, 3.05) is 56.8 Å². The molecule has 17 nitrogen and oxygen atoms in total. The summed E-state index contributed by atoms with van der Waals surface area (Å²) >= 11 is 0. The molecule has 4 N–H and O–H groups in total. The molecule has 4 aromatic rings. The molecule has 1 amide bonds. The number of aromatic hydroxyl groups is 1. The highest BCUT2D eigenvalue weighted by atomic mass is 16.7. The predicted molar refractivity (Wildman–Crippen MR) is 257 cm³/mol. The Morgan fingerprint density at radius 3 is 2.25 bits per heavy atom. The first-order chi connectivity index (χ1) is 32.3. The number of ketones is 1. The van der Waals surface area contributed by atoms with E-state index in [0.29, 0.717) is 45.0 Å². The van der Waals surface area contributed by atoms with Crippen LogP contribution in [0.5, 0.6) is 11.5 Å². The summed E-state index contributed by atoms with van der Waals surface area (Å²) in [6, 6.07) is 5.36. The van der Waals surface area contributed by atoms with E-state index in [0.717, 1.165) is 5.69 Å². The maximum Gasteiger partial charge on any atom is 0.312 e. The van der Waals surface area contributed by atoms with Crippen LogP contribution in [0.4, 0.5) is 11.4 Å². The number of methoxy groups -OCH3 is 1. The van der Waals surface area contributed by atoms with Crippen molar-refractivity contribution in [1.82, 2.24) is 4.98 Å². The van der Waals surface area contributed by atoms with E-state index in [4.69, 9.17) is 37.8 Å². The van der Waals surface area contributed by atoms with Crippen molar-refractivity contribution >= 4 is 62.0 Å². The maximum absolute atomic E-state index is 14.8. The minimum absolute atomic E-state index is 0.0110. The van der Waals surface area contributed by atoms with E-state index >= 15 is 0 Å². The molecule has 9 atom stereocenters. The van der Waals surface area contributed by atoms with Gasteiger partial charge in [-0.2, -0.15) is 0 Å². The molecule has 0 spiro atoms. The number of aliphatic hydroxyl groups excluding tert-OH is 2. The van der Waals surface area contributed by atoms with Crippen LogP contribution in [-0.4, -0.2) is 115 Å². The molecule has 5 bridgehead atoms. The quantitative estimate of drug-likeness (QED) is 0.0395. The van der Waals surface area contributed by atoms with E-state index < -0.39 is 82.7 Å². The number of nitrogens with one attached hydrogen (secondary N) is 1. The molecule has 68 heavy (non-hydrogen) atoms. The highest BCUT2D eigenvalue weighted by Crippen LogP contribution is 2.48. The van der Waals surface area contributed by atoms with Gasteiger partial charge in [0.15, 0.2) is 22.3 Å². The van der Waals surface area contributed by atoms with Crippen LogP contribution in [0.2, 0.25) is 0 Å². The van der Waals surface area contributed by atoms with Gasteiger partial charge in [0.1, 0.15) is 28.6 Å². The maximum atomic E-state index is 14.8. The van der Waals surface area contributed by atoms with Crippen LogP contribution in [0.25, 0.3) is 33.0 Å². The van der Waals surface area contributed by atoms with Gasteiger partial charge in [-0.25, -0.2) is 4.98 Å². The highest BCUT2D eigenvalue weighted by Gasteiger charge is 2.49. The first kappa shape index (κ1) is 51.5. The Kier molecular flexibility index (Phi) is 16.4. The molecule has 0 fully saturated rings. The number of aliphatic hydroxyl groups is 2. The number of phenolic OH excluding ortho intramolecular Hbond substituents is 1. The highest BCUT2D eigenvalue weighted by molar-refractivity contribution is 6.26. The van der Waals surface area contributed by atoms with Gasteiger partial charge in [0.05, 0.1) is 48.7 Å². The third-order valence-electron chi connectivity index (χ3n) is 13.1. The summed E-state index contributed by atoms with van der Waals surface area (Å²) in [6.07, 6.45) is 3.60. The van der Waals surface area contributed by atoms with Crippen molar-refractivity contribution < 1.29 is 62.5 Å². The molecule has 0 unspecified atom stereocenters. The first-order valence-corrected chi connectivity index (χ1v) is 23.1. The second kappa shape index (κ2) is 21.6. The SMILES string of the molecule is CCOCCN(CCOCC)c1ccc2nc3c(oc2c1)c1c(O)c2c(=O)c(C)c4c(c23)C(=O)[C@@](C)(O/C=C/[C@H](OC)[C@@H](C)[C@@H](OC(C)=O)[C@H](C)[C@H](O)[C@H](C)[C@@H](O)[C@@H](C)/C=C/C=C(/C)C(=O)N1)O4. The van der Waals surface area contributed by atoms with E-state index in [1.54, 1.807) is 58.9 Å². The number of anilines is 2. The summed E-state index contributed by atoms with van der Waals surface area (Å²) in [7, 11) is 1.45. The first-order valence-electron chi connectivity index (χ1n) is 23.1. The van der Waals surface area contributed by atoms with Crippen LogP contribution in [0.15, 0.2) is 63.6 Å². The smallest absolute Gasteiger partial charge is 0.312 e. The fraction of sp³-hybridized carbons (Fsp3) is 0.510. The molecule has 3 heterocycles. The largest absolute Gasteiger partial charge is 0.505 e. The minimum Gasteiger partial charge on any atom is -0.505 e. The minimum atomic E-state index is -2.06. The van der Waals surface area contributed by atoms with Crippen LogP contribution >= 0.6 is 0 Å². The van der Waals surface area contributed by atoms with E-state index in [9.17, 15) is 34.5 Å². The van der Waals surface area contributed by atoms with Gasteiger partial charge in [-0.05, 0) is 45.9 Å². The molecule has 0 saturated heterocycles. The van der Waals surface area contributed by atoms with E-state index in [2.05, 4.69) is 10.2 Å². The molecule has 3 aromatic carbocycles. The van der Waals surface area contributed by atoms with Gasteiger partial charge >= 0.3 is 11.8 Å². The van der Waals surface area contributed by atoms with Crippen LogP contribution in [0.1, 0.15) is 78.2 Å². The van der Waals surface area contributed by atoms with E-state index in [-0.39, 0.29) is 55.6 Å². The number of ether oxygens (including phenoxy) is 6. The average Bonchev–Trinajstić information content (AvgIpc) is 3.58. The Balaban J connectivity index is 1.59. The fourth-order valence-electron chi connectivity index (χ4n) is 9.00. The summed E-state index contributed by atoms with van der Waals surface area (Å²) in [5, 5.41) is 37.7. The van der Waals surface area contributed by atoms with Gasteiger partial charge in [0.2, 0.25) is 0 Å². The lowest BCUT2D eigenvalue weighted by Gasteiger charge is -2.38. The number of hydrogen-bond acceptors (Lipinski definition) is 16. The van der Waals surface area contributed by atoms with Crippen LogP contribution in [0, 0.1) is 30.6 Å². The van der Waals surface area contributed by atoms with Crippen molar-refractivity contribution in [2.24, 2.45) is 23.7 Å². The summed E-state index contributed by atoms with van der Waals surface area (Å²) in [4.78, 5) is 62.8. The Bertz CT molecular complexity index is 2680. The van der Waals surface area contributed by atoms with Gasteiger partial charge in [-0.1, -0.05) is 45.9 Å². The van der Waals surface area contributed by atoms with Crippen molar-refractivity contribution in [3.8, 4) is 11.5 Å². The zero-order valence-corrected chi connectivity index (χ0v) is 40.7. The lowest BCUT2D eigenvalue weighted by atomic mass is 9.78. The van der Waals surface area contributed by atoms with Crippen molar-refractivity contribution in [3.05, 3.63) is 75.7 Å². The second-order valence-corrected chi connectivity index (χ2v) is 17.8. The fourth-order valence-corrected chi connectivity index (χ4v) is 9.00. The number of benzene rings is 3. The van der Waals surface area contributed by atoms with Crippen molar-refractivity contribution in [1.29, 1.82) is 0 Å². The topological polar surface area (TPSA) is 226 Å². The molecule has 0 radical (unpaired) electrons. The third-order valence-corrected chi connectivity index (χ3v) is 13.1. The zero-order valence-electron chi connectivity index (χ0n) is 40.7. The molecule has 2 aliphatic rings. The second-order valence-electron chi connectivity index (χ2n) is 17.8. The molecule has 1 aromatic heterocycles. The molecule has 368 valence electrons. The monoisotopic (exact) mass is 943 g/mol. The number of Topliss-reactive ketones (excluding diaryl/α,β-unsaturated/α-hetero) is 1. The normalized spacial score (nSPS) is 27.7. The number of esters is 1. The van der Waals surface area contributed by atoms with Crippen molar-refractivity contribution in [3.63, 3.8) is 0 Å². The molecule has 2 aliphatic heterocycles. The molecule has 17 heteroatoms. The molecular formula is C51H65N3O14. The lowest BCUT2D eigenvalue weighted by Crippen LogP contribution is -2.46.